The molecule has 0 N–H and O–H groups in total. The molecule has 0 saturated carbocycles. The topological polar surface area (TPSA) is 62.3 Å². The monoisotopic (exact) mass is 551 g/mol. The molecule has 0 saturated heterocycles. The summed E-state index contributed by atoms with van der Waals surface area (Å²) in [6, 6.07) is 9.94. The van der Waals surface area contributed by atoms with Gasteiger partial charge in [-0.2, -0.15) is 9.49 Å². The number of hydrogen-bond donors (Lipinski definition) is 0. The van der Waals surface area contributed by atoms with Gasteiger partial charge in [0.2, 0.25) is 11.7 Å². The molecule has 9 heteroatoms. The summed E-state index contributed by atoms with van der Waals surface area (Å²) in [5.41, 5.74) is 1.28. The summed E-state index contributed by atoms with van der Waals surface area (Å²) in [6.45, 7) is 6.18. The molecule has 2 aromatic carbocycles. The maximum Gasteiger partial charge on any atom is 0.249 e. The van der Waals surface area contributed by atoms with Gasteiger partial charge < -0.3 is 14.0 Å². The van der Waals surface area contributed by atoms with Crippen LogP contribution >= 0.6 is 31.9 Å². The van der Waals surface area contributed by atoms with E-state index in [9.17, 15) is 0 Å². The normalized spacial score (nSPS) is 11.3. The smallest absolute Gasteiger partial charge is 0.249 e. The fourth-order valence-corrected chi connectivity index (χ4v) is 4.41. The van der Waals surface area contributed by atoms with E-state index >= 15 is 4.39 Å². The Kier molecular flexibility index (Phi) is 6.34. The van der Waals surface area contributed by atoms with Gasteiger partial charge >= 0.3 is 0 Å². The molecule has 0 spiro atoms. The van der Waals surface area contributed by atoms with Gasteiger partial charge in [0.25, 0.3) is 0 Å². The van der Waals surface area contributed by atoms with Crippen LogP contribution < -0.4 is 9.47 Å². The Balaban J connectivity index is 1.57. The third kappa shape index (κ3) is 4.21. The lowest BCUT2D eigenvalue weighted by Gasteiger charge is -2.12. The van der Waals surface area contributed by atoms with E-state index in [1.807, 2.05) is 30.3 Å². The van der Waals surface area contributed by atoms with Gasteiger partial charge in [0.15, 0.2) is 0 Å². The Morgan fingerprint density at radius 1 is 1.13 bits per heavy atom. The minimum atomic E-state index is -0.534. The first-order valence-electron chi connectivity index (χ1n) is 9.73. The number of rotatable bonds is 7. The summed E-state index contributed by atoms with van der Waals surface area (Å²) in [5.74, 6) is 0.746. The lowest BCUT2D eigenvalue weighted by Crippen LogP contribution is -2.12. The number of aryl methyl sites for hydroxylation is 2. The molecule has 31 heavy (non-hydrogen) atoms. The highest BCUT2D eigenvalue weighted by Crippen LogP contribution is 2.35. The number of fused-ring (bicyclic) bond motifs is 1. The zero-order chi connectivity index (χ0) is 22.1. The molecule has 2 aromatic heterocycles. The molecule has 0 aliphatic rings. The zero-order valence-corrected chi connectivity index (χ0v) is 20.4. The molecular weight excluding hydrogens is 533 g/mol. The number of aromatic nitrogens is 3. The van der Waals surface area contributed by atoms with Crippen LogP contribution in [0.4, 0.5) is 4.39 Å². The van der Waals surface area contributed by atoms with E-state index < -0.39 is 5.82 Å². The number of benzene rings is 2. The highest BCUT2D eigenvalue weighted by Gasteiger charge is 2.25. The number of ether oxygens (including phenoxy) is 2. The molecule has 0 aliphatic heterocycles. The van der Waals surface area contributed by atoms with Crippen molar-refractivity contribution in [2.75, 3.05) is 13.2 Å². The molecule has 6 nitrogen and oxygen atoms in total. The standard InChI is InChI=1S/C22H20Br2FN3O3/c1-4-29-22-20(25)21(18-12(2)27-31-13(18)3)26-28(22)9-10-30-17-8-5-14-11-15(23)6-7-16(14)19(17)24/h5-8,11H,4,9-10H2,1-3H3. The van der Waals surface area contributed by atoms with Crippen molar-refractivity contribution in [2.45, 2.75) is 27.3 Å². The lowest BCUT2D eigenvalue weighted by atomic mass is 10.1. The summed E-state index contributed by atoms with van der Waals surface area (Å²) < 4.78 is 35.1. The van der Waals surface area contributed by atoms with Gasteiger partial charge in [-0.25, -0.2) is 4.68 Å². The van der Waals surface area contributed by atoms with Crippen LogP contribution in [0.1, 0.15) is 18.4 Å². The van der Waals surface area contributed by atoms with Gasteiger partial charge in [0.05, 0.1) is 28.9 Å². The van der Waals surface area contributed by atoms with Crippen molar-refractivity contribution < 1.29 is 18.4 Å². The van der Waals surface area contributed by atoms with Crippen LogP contribution in [-0.2, 0) is 6.54 Å². The fraction of sp³-hybridized carbons (Fsp3) is 0.273. The minimum Gasteiger partial charge on any atom is -0.490 e. The quantitative estimate of drug-likeness (QED) is 0.263. The second-order valence-electron chi connectivity index (χ2n) is 6.91. The molecule has 0 amide bonds. The van der Waals surface area contributed by atoms with E-state index in [-0.39, 0.29) is 18.2 Å². The van der Waals surface area contributed by atoms with Crippen molar-refractivity contribution >= 4 is 42.6 Å². The van der Waals surface area contributed by atoms with Gasteiger partial charge in [0, 0.05) is 4.47 Å². The molecule has 162 valence electrons. The van der Waals surface area contributed by atoms with Crippen LogP contribution in [0.5, 0.6) is 11.6 Å². The van der Waals surface area contributed by atoms with Gasteiger partial charge in [-0.05, 0) is 65.7 Å². The van der Waals surface area contributed by atoms with Crippen molar-refractivity contribution in [1.29, 1.82) is 0 Å². The Hall–Kier alpha value is -2.39. The first kappa shape index (κ1) is 21.8. The van der Waals surface area contributed by atoms with E-state index in [1.165, 1.54) is 4.68 Å². The number of nitrogens with zero attached hydrogens (tertiary/aromatic N) is 3. The average Bonchev–Trinajstić information content (AvgIpc) is 3.22. The first-order chi connectivity index (χ1) is 14.9. The molecule has 0 aliphatic carbocycles. The summed E-state index contributed by atoms with van der Waals surface area (Å²) in [6.07, 6.45) is 0. The highest BCUT2D eigenvalue weighted by atomic mass is 79.9. The largest absolute Gasteiger partial charge is 0.490 e. The first-order valence-corrected chi connectivity index (χ1v) is 11.3. The molecule has 0 atom stereocenters. The third-order valence-electron chi connectivity index (χ3n) is 4.84. The molecule has 0 radical (unpaired) electrons. The Morgan fingerprint density at radius 2 is 1.94 bits per heavy atom. The average molecular weight is 553 g/mol. The van der Waals surface area contributed by atoms with Crippen LogP contribution in [0.3, 0.4) is 0 Å². The van der Waals surface area contributed by atoms with Crippen LogP contribution in [0.25, 0.3) is 22.0 Å². The summed E-state index contributed by atoms with van der Waals surface area (Å²) in [5, 5.41) is 10.5. The Labute approximate surface area is 195 Å². The number of hydrogen-bond acceptors (Lipinski definition) is 5. The van der Waals surface area contributed by atoms with Gasteiger partial charge in [0.1, 0.15) is 23.8 Å². The molecule has 4 aromatic rings. The van der Waals surface area contributed by atoms with E-state index in [1.54, 1.807) is 20.8 Å². The summed E-state index contributed by atoms with van der Waals surface area (Å²) >= 11 is 7.11. The second-order valence-corrected chi connectivity index (χ2v) is 8.62. The van der Waals surface area contributed by atoms with Crippen LogP contribution in [0.2, 0.25) is 0 Å². The molecule has 4 rings (SSSR count). The third-order valence-corrected chi connectivity index (χ3v) is 6.15. The molecule has 0 bridgehead atoms. The van der Waals surface area contributed by atoms with E-state index in [2.05, 4.69) is 42.1 Å². The molecular formula is C22H20Br2FN3O3. The molecule has 2 heterocycles. The van der Waals surface area contributed by atoms with Crippen molar-refractivity contribution in [1.82, 2.24) is 14.9 Å². The highest BCUT2D eigenvalue weighted by molar-refractivity contribution is 9.11. The maximum absolute atomic E-state index is 15.1. The van der Waals surface area contributed by atoms with E-state index in [0.29, 0.717) is 35.9 Å². The minimum absolute atomic E-state index is 0.0727. The van der Waals surface area contributed by atoms with Gasteiger partial charge in [-0.1, -0.05) is 33.2 Å². The van der Waals surface area contributed by atoms with E-state index in [4.69, 9.17) is 14.0 Å². The predicted octanol–water partition coefficient (Wildman–Crippen LogP) is 6.45. The van der Waals surface area contributed by atoms with Crippen molar-refractivity contribution in [2.24, 2.45) is 0 Å². The Morgan fingerprint density at radius 3 is 2.65 bits per heavy atom. The van der Waals surface area contributed by atoms with Crippen LogP contribution in [0, 0.1) is 19.7 Å². The van der Waals surface area contributed by atoms with Crippen molar-refractivity contribution in [3.63, 3.8) is 0 Å². The fourth-order valence-electron chi connectivity index (χ4n) is 3.43. The molecule has 0 fully saturated rings. The van der Waals surface area contributed by atoms with Gasteiger partial charge in [-0.3, -0.25) is 0 Å². The SMILES string of the molecule is CCOc1c(F)c(-c2c(C)noc2C)nn1CCOc1ccc2cc(Br)ccc2c1Br. The number of halogens is 3. The van der Waals surface area contributed by atoms with Crippen molar-refractivity contribution in [3.05, 3.63) is 56.5 Å². The summed E-state index contributed by atoms with van der Waals surface area (Å²) in [4.78, 5) is 0. The summed E-state index contributed by atoms with van der Waals surface area (Å²) in [7, 11) is 0. The van der Waals surface area contributed by atoms with Crippen LogP contribution in [-0.4, -0.2) is 28.2 Å². The van der Waals surface area contributed by atoms with Crippen LogP contribution in [0.15, 0.2) is 43.8 Å². The second kappa shape index (κ2) is 9.00. The molecule has 0 unspecified atom stereocenters. The Bertz CT molecular complexity index is 1230. The predicted molar refractivity (Wildman–Crippen MR) is 123 cm³/mol. The zero-order valence-electron chi connectivity index (χ0n) is 17.2. The van der Waals surface area contributed by atoms with Crippen molar-refractivity contribution in [3.8, 4) is 22.9 Å². The lowest BCUT2D eigenvalue weighted by molar-refractivity contribution is 0.252. The van der Waals surface area contributed by atoms with E-state index in [0.717, 1.165) is 19.7 Å². The maximum atomic E-state index is 15.1. The van der Waals surface area contributed by atoms with Gasteiger partial charge in [-0.15, -0.1) is 0 Å².